The number of rotatable bonds is 2. The second-order valence-electron chi connectivity index (χ2n) is 13.0. The molecule has 0 radical (unpaired) electrons. The van der Waals surface area contributed by atoms with E-state index in [4.69, 9.17) is 23.2 Å². The molecule has 0 aliphatic heterocycles. The van der Waals surface area contributed by atoms with Crippen LogP contribution in [0, 0.1) is 52.8 Å². The van der Waals surface area contributed by atoms with Crippen LogP contribution in [0.3, 0.4) is 0 Å². The number of hydrogen-bond acceptors (Lipinski definition) is 0. The van der Waals surface area contributed by atoms with Gasteiger partial charge in [0.25, 0.3) is 0 Å². The lowest BCUT2D eigenvalue weighted by Crippen LogP contribution is -2.55. The van der Waals surface area contributed by atoms with Gasteiger partial charge in [0.15, 0.2) is 0 Å². The molecule has 2 heteroatoms. The van der Waals surface area contributed by atoms with Gasteiger partial charge in [0.2, 0.25) is 0 Å². The maximum Gasteiger partial charge on any atom is 0.0485 e. The van der Waals surface area contributed by atoms with Crippen LogP contribution in [0.4, 0.5) is 0 Å². The molecule has 8 fully saturated rings. The van der Waals surface area contributed by atoms with Gasteiger partial charge in [0.1, 0.15) is 0 Å². The maximum absolute atomic E-state index is 6.89. The molecular formula is C26H42Cl2. The van der Waals surface area contributed by atoms with Crippen molar-refractivity contribution in [3.05, 3.63) is 0 Å². The third kappa shape index (κ3) is 3.30. The Bertz CT molecular complexity index is 580. The molecule has 0 aromatic heterocycles. The highest BCUT2D eigenvalue weighted by Gasteiger charge is 2.58. The van der Waals surface area contributed by atoms with E-state index in [1.807, 2.05) is 0 Å². The van der Waals surface area contributed by atoms with E-state index in [2.05, 4.69) is 27.7 Å². The molecule has 8 rings (SSSR count). The van der Waals surface area contributed by atoms with Crippen LogP contribution in [-0.2, 0) is 0 Å². The first-order chi connectivity index (χ1) is 13.1. The monoisotopic (exact) mass is 424 g/mol. The average Bonchev–Trinajstić information content (AvgIpc) is 2.50. The van der Waals surface area contributed by atoms with E-state index in [1.54, 1.807) is 0 Å². The summed E-state index contributed by atoms with van der Waals surface area (Å²) in [7, 11) is 0. The van der Waals surface area contributed by atoms with Gasteiger partial charge in [-0.1, -0.05) is 27.7 Å². The van der Waals surface area contributed by atoms with Crippen molar-refractivity contribution in [1.29, 1.82) is 0 Å². The Balaban J connectivity index is 0.000000122. The van der Waals surface area contributed by atoms with E-state index in [1.165, 1.54) is 70.6 Å². The quantitative estimate of drug-likeness (QED) is 0.390. The molecule has 8 bridgehead atoms. The molecular weight excluding hydrogens is 383 g/mol. The van der Waals surface area contributed by atoms with Crippen molar-refractivity contribution in [1.82, 2.24) is 0 Å². The third-order valence-electron chi connectivity index (χ3n) is 10.3. The van der Waals surface area contributed by atoms with E-state index in [0.717, 1.165) is 47.3 Å². The van der Waals surface area contributed by atoms with Crippen molar-refractivity contribution < 1.29 is 0 Å². The van der Waals surface area contributed by atoms with Crippen LogP contribution in [0.15, 0.2) is 0 Å². The molecule has 0 aromatic rings. The standard InChI is InChI=1S/2C13H21Cl/c1-9(2)12-4-10-3-11(5-12)7-13(14,6-10)8-12;1-8(2)12-11-4-9-3-10(5-11)7-13(12,14)6-9/h9-11H,3-8H2,1-2H3;8-12H,3-7H2,1-2H3. The van der Waals surface area contributed by atoms with Gasteiger partial charge in [-0.15, -0.1) is 23.2 Å². The van der Waals surface area contributed by atoms with Crippen LogP contribution >= 0.6 is 23.2 Å². The third-order valence-corrected chi connectivity index (χ3v) is 11.3. The first-order valence-corrected chi connectivity index (χ1v) is 13.2. The molecule has 160 valence electrons. The Hall–Kier alpha value is 0.580. The Morgan fingerprint density at radius 2 is 1.21 bits per heavy atom. The largest absolute Gasteiger partial charge is 0.119 e. The summed E-state index contributed by atoms with van der Waals surface area (Å²) in [6.07, 6.45) is 15.5. The summed E-state index contributed by atoms with van der Waals surface area (Å²) in [5.74, 6) is 7.33. The molecule has 0 spiro atoms. The van der Waals surface area contributed by atoms with Gasteiger partial charge in [-0.3, -0.25) is 0 Å². The summed E-state index contributed by atoms with van der Waals surface area (Å²) in [6, 6.07) is 0. The summed E-state index contributed by atoms with van der Waals surface area (Å²) < 4.78 is 0. The molecule has 5 unspecified atom stereocenters. The Kier molecular flexibility index (Phi) is 4.96. The van der Waals surface area contributed by atoms with E-state index in [9.17, 15) is 0 Å². The van der Waals surface area contributed by atoms with Crippen LogP contribution in [0.1, 0.15) is 98.3 Å². The van der Waals surface area contributed by atoms with E-state index in [-0.39, 0.29) is 9.75 Å². The molecule has 8 aliphatic carbocycles. The fraction of sp³-hybridized carbons (Fsp3) is 1.00. The van der Waals surface area contributed by atoms with Crippen LogP contribution in [0.5, 0.6) is 0 Å². The molecule has 8 saturated carbocycles. The molecule has 0 heterocycles. The van der Waals surface area contributed by atoms with Crippen LogP contribution < -0.4 is 0 Å². The second kappa shape index (κ2) is 6.79. The minimum absolute atomic E-state index is 0.211. The summed E-state index contributed by atoms with van der Waals surface area (Å²) in [5, 5.41) is 0. The van der Waals surface area contributed by atoms with Crippen molar-refractivity contribution in [3.63, 3.8) is 0 Å². The molecule has 0 saturated heterocycles. The average molecular weight is 426 g/mol. The predicted octanol–water partition coefficient (Wildman–Crippen LogP) is 8.30. The van der Waals surface area contributed by atoms with Crippen molar-refractivity contribution in [2.24, 2.45) is 52.8 Å². The summed E-state index contributed by atoms with van der Waals surface area (Å²) in [5.41, 5.74) is 0.631. The summed E-state index contributed by atoms with van der Waals surface area (Å²) in [6.45, 7) is 9.56. The zero-order chi connectivity index (χ0) is 19.9. The van der Waals surface area contributed by atoms with Crippen molar-refractivity contribution >= 4 is 23.2 Å². The normalized spacial score (nSPS) is 55.7. The lowest BCUT2D eigenvalue weighted by molar-refractivity contribution is -0.0676. The minimum Gasteiger partial charge on any atom is -0.119 e. The van der Waals surface area contributed by atoms with Gasteiger partial charge in [-0.25, -0.2) is 0 Å². The summed E-state index contributed by atoms with van der Waals surface area (Å²) in [4.78, 5) is 0.428. The van der Waals surface area contributed by atoms with Crippen LogP contribution in [-0.4, -0.2) is 9.75 Å². The fourth-order valence-electron chi connectivity index (χ4n) is 10.0. The lowest BCUT2D eigenvalue weighted by atomic mass is 9.46. The van der Waals surface area contributed by atoms with Crippen LogP contribution in [0.2, 0.25) is 0 Å². The molecule has 5 atom stereocenters. The molecule has 0 N–H and O–H groups in total. The first-order valence-electron chi connectivity index (χ1n) is 12.5. The Morgan fingerprint density at radius 3 is 1.64 bits per heavy atom. The number of alkyl halides is 2. The van der Waals surface area contributed by atoms with Crippen molar-refractivity contribution in [3.8, 4) is 0 Å². The van der Waals surface area contributed by atoms with Crippen LogP contribution in [0.25, 0.3) is 0 Å². The van der Waals surface area contributed by atoms with Gasteiger partial charge >= 0.3 is 0 Å². The zero-order valence-corrected chi connectivity index (χ0v) is 20.2. The number of halogens is 2. The molecule has 8 aliphatic rings. The maximum atomic E-state index is 6.89. The molecule has 0 amide bonds. The Morgan fingerprint density at radius 1 is 0.679 bits per heavy atom. The topological polar surface area (TPSA) is 0 Å². The van der Waals surface area contributed by atoms with E-state index < -0.39 is 0 Å². The fourth-order valence-corrected chi connectivity index (χ4v) is 11.6. The molecule has 0 nitrogen and oxygen atoms in total. The van der Waals surface area contributed by atoms with Gasteiger partial charge < -0.3 is 0 Å². The SMILES string of the molecule is CC(C)C12CC3CC(CC(Cl)(C3)C1)C2.CC(C)C1C2CC3CC(C2)CC1(Cl)C3. The lowest BCUT2D eigenvalue weighted by Gasteiger charge is -2.61. The predicted molar refractivity (Wildman–Crippen MR) is 121 cm³/mol. The van der Waals surface area contributed by atoms with Gasteiger partial charge in [-0.05, 0) is 123 Å². The van der Waals surface area contributed by atoms with E-state index >= 15 is 0 Å². The highest BCUT2D eigenvalue weighted by atomic mass is 35.5. The minimum atomic E-state index is 0.211. The van der Waals surface area contributed by atoms with Gasteiger partial charge in [0, 0.05) is 9.75 Å². The first kappa shape index (κ1) is 20.5. The number of hydrogen-bond donors (Lipinski definition) is 0. The van der Waals surface area contributed by atoms with Crippen molar-refractivity contribution in [2.45, 2.75) is 108 Å². The highest BCUT2D eigenvalue weighted by molar-refractivity contribution is 6.24. The highest BCUT2D eigenvalue weighted by Crippen LogP contribution is 2.66. The molecule has 0 aromatic carbocycles. The van der Waals surface area contributed by atoms with Gasteiger partial charge in [-0.2, -0.15) is 0 Å². The zero-order valence-electron chi connectivity index (χ0n) is 18.7. The summed E-state index contributed by atoms with van der Waals surface area (Å²) >= 11 is 13.7. The smallest absolute Gasteiger partial charge is 0.0485 e. The van der Waals surface area contributed by atoms with Gasteiger partial charge in [0.05, 0.1) is 0 Å². The molecule has 28 heavy (non-hydrogen) atoms. The van der Waals surface area contributed by atoms with Crippen molar-refractivity contribution in [2.75, 3.05) is 0 Å². The second-order valence-corrected chi connectivity index (χ2v) is 14.6. The van der Waals surface area contributed by atoms with E-state index in [0.29, 0.717) is 5.41 Å². The Labute approximate surface area is 183 Å².